The summed E-state index contributed by atoms with van der Waals surface area (Å²) in [5.41, 5.74) is -6.65. The molecule has 2 fully saturated rings. The molecule has 7 atom stereocenters. The monoisotopic (exact) mass is 526 g/mol. The van der Waals surface area contributed by atoms with Crippen molar-refractivity contribution in [2.75, 3.05) is 6.61 Å². The van der Waals surface area contributed by atoms with Gasteiger partial charge in [0.2, 0.25) is 0 Å². The second-order valence-electron chi connectivity index (χ2n) is 11.5. The van der Waals surface area contributed by atoms with Crippen LogP contribution >= 0.6 is 0 Å². The molecule has 0 spiro atoms. The largest absolute Gasteiger partial charge is 0.455 e. The molecule has 1 saturated carbocycles. The number of ketones is 2. The highest BCUT2D eigenvalue weighted by atomic mass is 19.1. The molecule has 0 unspecified atom stereocenters. The number of esters is 2. The number of benzene rings is 1. The highest BCUT2D eigenvalue weighted by Crippen LogP contribution is 2.62. The van der Waals surface area contributed by atoms with Gasteiger partial charge in [0.05, 0.1) is 23.5 Å². The third kappa shape index (κ3) is 3.27. The first kappa shape index (κ1) is 26.4. The lowest BCUT2D eigenvalue weighted by Crippen LogP contribution is -2.79. The molecule has 5 rings (SSSR count). The van der Waals surface area contributed by atoms with Crippen molar-refractivity contribution in [1.82, 2.24) is 0 Å². The van der Waals surface area contributed by atoms with Crippen LogP contribution in [0.5, 0.6) is 0 Å². The maximum atomic E-state index is 16.3. The van der Waals surface area contributed by atoms with Crippen LogP contribution in [0, 0.1) is 16.7 Å². The van der Waals surface area contributed by atoms with E-state index in [2.05, 4.69) is 0 Å². The van der Waals surface area contributed by atoms with Crippen molar-refractivity contribution in [3.05, 3.63) is 59.2 Å². The average molecular weight is 527 g/mol. The standard InChI is InChI=1S/C29H31FO8/c1-15-18-13-19(32)27(5)12-11-20-28(14-36-20,38-16(2)31)22(27)24(37-25(34)17-9-7-6-8-10-17)29(35,26(18,3)4)23(30)21(15)33/h6-12,20,22-24,35H,13-14H2,1-5H3/t20-,22+,23+,24+,27+,28+,29-/m1/s1. The molecule has 4 aliphatic rings. The second kappa shape index (κ2) is 8.41. The quantitative estimate of drug-likeness (QED) is 0.472. The highest BCUT2D eigenvalue weighted by Gasteiger charge is 2.76. The summed E-state index contributed by atoms with van der Waals surface area (Å²) in [7, 11) is 0. The molecule has 0 radical (unpaired) electrons. The molecular formula is C29H31FO8. The fourth-order valence-electron chi connectivity index (χ4n) is 6.92. The number of alkyl halides is 1. The predicted octanol–water partition coefficient (Wildman–Crippen LogP) is 3.07. The molecule has 2 bridgehead atoms. The SMILES string of the molecule is CC(=O)O[C@@]12CO[C@@H]1C=C[C@@]1(C)C(=O)CC3=C(C)C(=O)[C@H](F)[C@@](O)([C@@H](OC(=O)c4ccccc4)[C@H]21)C3(C)C. The minimum Gasteiger partial charge on any atom is -0.455 e. The molecule has 8 nitrogen and oxygen atoms in total. The van der Waals surface area contributed by atoms with Gasteiger partial charge in [-0.2, -0.15) is 0 Å². The van der Waals surface area contributed by atoms with E-state index in [1.54, 1.807) is 37.3 Å². The third-order valence-electron chi connectivity index (χ3n) is 9.21. The van der Waals surface area contributed by atoms with E-state index in [0.29, 0.717) is 0 Å². The van der Waals surface area contributed by atoms with E-state index < -0.39 is 64.1 Å². The Bertz CT molecular complexity index is 1300. The predicted molar refractivity (Wildman–Crippen MR) is 132 cm³/mol. The van der Waals surface area contributed by atoms with Gasteiger partial charge in [-0.3, -0.25) is 14.4 Å². The summed E-state index contributed by atoms with van der Waals surface area (Å²) in [6.07, 6.45) is -2.11. The lowest BCUT2D eigenvalue weighted by atomic mass is 9.47. The molecule has 0 amide bonds. The zero-order chi connectivity index (χ0) is 27.8. The fraction of sp³-hybridized carbons (Fsp3) is 0.517. The van der Waals surface area contributed by atoms with Crippen LogP contribution in [0.15, 0.2) is 53.6 Å². The Morgan fingerprint density at radius 1 is 1.13 bits per heavy atom. The van der Waals surface area contributed by atoms with Gasteiger partial charge in [0.15, 0.2) is 17.6 Å². The Kier molecular flexibility index (Phi) is 5.85. The van der Waals surface area contributed by atoms with E-state index in [4.69, 9.17) is 14.2 Å². The topological polar surface area (TPSA) is 116 Å². The summed E-state index contributed by atoms with van der Waals surface area (Å²) in [5, 5.41) is 12.4. The Morgan fingerprint density at radius 3 is 2.37 bits per heavy atom. The van der Waals surface area contributed by atoms with E-state index in [9.17, 15) is 24.3 Å². The van der Waals surface area contributed by atoms with Crippen molar-refractivity contribution >= 4 is 23.5 Å². The van der Waals surface area contributed by atoms with E-state index >= 15 is 4.39 Å². The number of aliphatic hydroxyl groups is 1. The normalized spacial score (nSPS) is 39.2. The van der Waals surface area contributed by atoms with Gasteiger partial charge in [-0.25, -0.2) is 9.18 Å². The van der Waals surface area contributed by atoms with Gasteiger partial charge in [-0.15, -0.1) is 0 Å². The van der Waals surface area contributed by atoms with Gasteiger partial charge >= 0.3 is 11.9 Å². The van der Waals surface area contributed by atoms with Crippen LogP contribution in [0.2, 0.25) is 0 Å². The molecule has 1 aromatic carbocycles. The van der Waals surface area contributed by atoms with Crippen molar-refractivity contribution in [2.24, 2.45) is 16.7 Å². The van der Waals surface area contributed by atoms with Gasteiger partial charge in [0.25, 0.3) is 0 Å². The van der Waals surface area contributed by atoms with Gasteiger partial charge in [0, 0.05) is 18.8 Å². The van der Waals surface area contributed by atoms with Crippen LogP contribution in [0.25, 0.3) is 0 Å². The van der Waals surface area contributed by atoms with Gasteiger partial charge < -0.3 is 19.3 Å². The van der Waals surface area contributed by atoms with Crippen LogP contribution in [0.3, 0.4) is 0 Å². The van der Waals surface area contributed by atoms with Crippen molar-refractivity contribution < 1.29 is 42.9 Å². The zero-order valence-corrected chi connectivity index (χ0v) is 21.9. The summed E-state index contributed by atoms with van der Waals surface area (Å²) in [4.78, 5) is 53.1. The Morgan fingerprint density at radius 2 is 1.79 bits per heavy atom. The summed E-state index contributed by atoms with van der Waals surface area (Å²) < 4.78 is 33.8. The number of fused-ring (bicyclic) bond motifs is 5. The molecule has 1 aliphatic heterocycles. The summed E-state index contributed by atoms with van der Waals surface area (Å²) in [6.45, 7) is 7.14. The molecule has 1 N–H and O–H groups in total. The summed E-state index contributed by atoms with van der Waals surface area (Å²) >= 11 is 0. The molecule has 9 heteroatoms. The smallest absolute Gasteiger partial charge is 0.338 e. The minimum absolute atomic E-state index is 0.0649. The first-order valence-corrected chi connectivity index (χ1v) is 12.6. The van der Waals surface area contributed by atoms with Crippen LogP contribution in [0.1, 0.15) is 51.4 Å². The number of Topliss-reactive ketones (excluding diaryl/α,β-unsaturated/α-hetero) is 2. The van der Waals surface area contributed by atoms with Crippen molar-refractivity contribution in [3.63, 3.8) is 0 Å². The van der Waals surface area contributed by atoms with Crippen molar-refractivity contribution in [3.8, 4) is 0 Å². The lowest BCUT2D eigenvalue weighted by Gasteiger charge is -2.64. The number of halogens is 1. The van der Waals surface area contributed by atoms with Crippen molar-refractivity contribution in [2.45, 2.75) is 70.6 Å². The Hall–Kier alpha value is -3.17. The molecule has 1 aromatic rings. The highest BCUT2D eigenvalue weighted by molar-refractivity contribution is 6.03. The molecule has 0 aromatic heterocycles. The number of rotatable bonds is 3. The molecule has 1 heterocycles. The number of carbonyl (C=O) groups is 4. The number of ether oxygens (including phenoxy) is 3. The lowest BCUT2D eigenvalue weighted by molar-refractivity contribution is -0.307. The van der Waals surface area contributed by atoms with Gasteiger partial charge in [-0.05, 0) is 37.1 Å². The molecule has 3 aliphatic carbocycles. The number of allylic oxidation sites excluding steroid dienone is 2. The van der Waals surface area contributed by atoms with Gasteiger partial charge in [0.1, 0.15) is 23.6 Å². The fourth-order valence-corrected chi connectivity index (χ4v) is 6.92. The average Bonchev–Trinajstić information content (AvgIpc) is 2.86. The number of hydrogen-bond acceptors (Lipinski definition) is 8. The maximum absolute atomic E-state index is 16.3. The first-order chi connectivity index (χ1) is 17.7. The number of carbonyl (C=O) groups excluding carboxylic acids is 4. The van der Waals surface area contributed by atoms with E-state index in [1.165, 1.54) is 39.8 Å². The van der Waals surface area contributed by atoms with E-state index in [0.717, 1.165) is 0 Å². The minimum atomic E-state index is -2.60. The Balaban J connectivity index is 1.81. The van der Waals surface area contributed by atoms with Crippen molar-refractivity contribution in [1.29, 1.82) is 0 Å². The van der Waals surface area contributed by atoms with E-state index in [1.807, 2.05) is 0 Å². The third-order valence-corrected chi connectivity index (χ3v) is 9.21. The molecule has 202 valence electrons. The van der Waals surface area contributed by atoms with E-state index in [-0.39, 0.29) is 35.5 Å². The second-order valence-corrected chi connectivity index (χ2v) is 11.5. The first-order valence-electron chi connectivity index (χ1n) is 12.6. The molecule has 38 heavy (non-hydrogen) atoms. The molecule has 1 saturated heterocycles. The Labute approximate surface area is 219 Å². The maximum Gasteiger partial charge on any atom is 0.338 e. The van der Waals surface area contributed by atoms with Crippen LogP contribution in [-0.2, 0) is 28.6 Å². The summed E-state index contributed by atoms with van der Waals surface area (Å²) in [6, 6.07) is 7.93. The zero-order valence-electron chi connectivity index (χ0n) is 21.9. The number of hydrogen-bond donors (Lipinski definition) is 1. The molecular weight excluding hydrogens is 495 g/mol. The van der Waals surface area contributed by atoms with Gasteiger partial charge in [-0.1, -0.05) is 44.2 Å². The summed E-state index contributed by atoms with van der Waals surface area (Å²) in [5.74, 6) is -4.15. The van der Waals surface area contributed by atoms with Crippen LogP contribution in [0.4, 0.5) is 4.39 Å². The van der Waals surface area contributed by atoms with Crippen LogP contribution < -0.4 is 0 Å². The van der Waals surface area contributed by atoms with Crippen LogP contribution in [-0.4, -0.2) is 64.8 Å².